The number of benzene rings is 2. The molecule has 5 rings (SSSR count). The summed E-state index contributed by atoms with van der Waals surface area (Å²) in [5.74, 6) is -1.78. The zero-order chi connectivity index (χ0) is 25.3. The molecule has 6 nitrogen and oxygen atoms in total. The van der Waals surface area contributed by atoms with Gasteiger partial charge in [0, 0.05) is 43.5 Å². The highest BCUT2D eigenvalue weighted by molar-refractivity contribution is 6.11. The maximum absolute atomic E-state index is 14.3. The third kappa shape index (κ3) is 4.47. The highest BCUT2D eigenvalue weighted by atomic mass is 19.1. The highest BCUT2D eigenvalue weighted by Crippen LogP contribution is 2.43. The number of nitrogens with zero attached hydrogens (tertiary/aromatic N) is 2. The Labute approximate surface area is 210 Å². The van der Waals surface area contributed by atoms with Crippen molar-refractivity contribution in [3.63, 3.8) is 0 Å². The number of piperidine rings is 1. The number of amides is 3. The van der Waals surface area contributed by atoms with Gasteiger partial charge in [-0.3, -0.25) is 24.1 Å². The molecule has 1 aliphatic carbocycles. The number of hydrogen-bond acceptors (Lipinski definition) is 4. The number of halogens is 1. The standard InChI is InChI=1S/C29H31FN2O4/c30-23-12-6-11-22(16-23)29(18-26(34)32(28(29)36)24-13-4-5-14-24)17-25(33)31-15-7-10-21(19-31)27(35)20-8-2-1-3-9-20/h1-3,6,8-9,11-12,16,21,24H,4-5,7,10,13-15,17-19H2/t21-,29-/m1/s1. The van der Waals surface area contributed by atoms with Crippen molar-refractivity contribution in [1.82, 2.24) is 9.80 Å². The summed E-state index contributed by atoms with van der Waals surface area (Å²) >= 11 is 0. The first-order valence-electron chi connectivity index (χ1n) is 12.9. The number of Topliss-reactive ketones (excluding diaryl/α,β-unsaturated/α-hetero) is 1. The van der Waals surface area contributed by atoms with Crippen LogP contribution >= 0.6 is 0 Å². The molecule has 0 spiro atoms. The molecule has 0 unspecified atom stereocenters. The minimum absolute atomic E-state index is 0.00692. The summed E-state index contributed by atoms with van der Waals surface area (Å²) in [4.78, 5) is 56.7. The number of likely N-dealkylation sites (tertiary alicyclic amines) is 2. The van der Waals surface area contributed by atoms with Gasteiger partial charge in [0.2, 0.25) is 17.7 Å². The SMILES string of the molecule is O=C(c1ccccc1)[C@@H]1CCCN(C(=O)C[C@]2(c3cccc(F)c3)CC(=O)N(C3CCCC3)C2=O)C1. The average molecular weight is 491 g/mol. The topological polar surface area (TPSA) is 74.8 Å². The van der Waals surface area contributed by atoms with Gasteiger partial charge in [0.05, 0.1) is 5.41 Å². The Hall–Kier alpha value is -3.35. The highest BCUT2D eigenvalue weighted by Gasteiger charge is 2.56. The first-order valence-corrected chi connectivity index (χ1v) is 12.9. The first kappa shape index (κ1) is 24.3. The Kier molecular flexibility index (Phi) is 6.73. The van der Waals surface area contributed by atoms with E-state index in [0.717, 1.165) is 25.7 Å². The van der Waals surface area contributed by atoms with Crippen LogP contribution in [0.4, 0.5) is 4.39 Å². The van der Waals surface area contributed by atoms with Crippen LogP contribution in [0, 0.1) is 11.7 Å². The summed E-state index contributed by atoms with van der Waals surface area (Å²) in [6, 6.07) is 14.6. The summed E-state index contributed by atoms with van der Waals surface area (Å²) in [5.41, 5.74) is -0.435. The second kappa shape index (κ2) is 9.96. The van der Waals surface area contributed by atoms with Crippen LogP contribution < -0.4 is 0 Å². The van der Waals surface area contributed by atoms with Crippen molar-refractivity contribution in [1.29, 1.82) is 0 Å². The summed E-state index contributed by atoms with van der Waals surface area (Å²) in [5, 5.41) is 0. The molecule has 36 heavy (non-hydrogen) atoms. The van der Waals surface area contributed by atoms with Crippen molar-refractivity contribution in [2.45, 2.75) is 62.8 Å². The van der Waals surface area contributed by atoms with Gasteiger partial charge in [-0.05, 0) is 43.4 Å². The fourth-order valence-electron chi connectivity index (χ4n) is 6.17. The lowest BCUT2D eigenvalue weighted by atomic mass is 9.75. The van der Waals surface area contributed by atoms with E-state index >= 15 is 0 Å². The third-order valence-corrected chi connectivity index (χ3v) is 8.07. The summed E-state index contributed by atoms with van der Waals surface area (Å²) < 4.78 is 14.3. The fourth-order valence-corrected chi connectivity index (χ4v) is 6.17. The van der Waals surface area contributed by atoms with Gasteiger partial charge in [0.25, 0.3) is 0 Å². The number of hydrogen-bond donors (Lipinski definition) is 0. The molecular formula is C29H31FN2O4. The molecule has 3 aliphatic rings. The third-order valence-electron chi connectivity index (χ3n) is 8.07. The predicted molar refractivity (Wildman–Crippen MR) is 131 cm³/mol. The zero-order valence-electron chi connectivity index (χ0n) is 20.3. The summed E-state index contributed by atoms with van der Waals surface area (Å²) in [6.07, 6.45) is 4.47. The van der Waals surface area contributed by atoms with E-state index < -0.39 is 17.1 Å². The lowest BCUT2D eigenvalue weighted by molar-refractivity contribution is -0.145. The van der Waals surface area contributed by atoms with E-state index in [1.165, 1.54) is 23.1 Å². The Balaban J connectivity index is 1.40. The van der Waals surface area contributed by atoms with E-state index in [4.69, 9.17) is 0 Å². The normalized spacial score (nSPS) is 25.0. The van der Waals surface area contributed by atoms with Gasteiger partial charge in [-0.1, -0.05) is 55.3 Å². The molecule has 7 heteroatoms. The van der Waals surface area contributed by atoms with E-state index in [0.29, 0.717) is 30.5 Å². The number of carbonyl (C=O) groups is 4. The minimum atomic E-state index is -1.42. The molecule has 0 radical (unpaired) electrons. The van der Waals surface area contributed by atoms with Crippen molar-refractivity contribution in [3.05, 3.63) is 71.5 Å². The van der Waals surface area contributed by atoms with Gasteiger partial charge < -0.3 is 4.90 Å². The maximum Gasteiger partial charge on any atom is 0.241 e. The largest absolute Gasteiger partial charge is 0.342 e. The van der Waals surface area contributed by atoms with Gasteiger partial charge >= 0.3 is 0 Å². The Morgan fingerprint density at radius 1 is 0.944 bits per heavy atom. The molecule has 0 aromatic heterocycles. The van der Waals surface area contributed by atoms with E-state index in [2.05, 4.69) is 0 Å². The average Bonchev–Trinajstić information content (AvgIpc) is 3.50. The Morgan fingerprint density at radius 3 is 2.42 bits per heavy atom. The molecule has 2 aromatic carbocycles. The van der Waals surface area contributed by atoms with Crippen LogP contribution in [0.5, 0.6) is 0 Å². The number of carbonyl (C=O) groups excluding carboxylic acids is 4. The number of imide groups is 1. The van der Waals surface area contributed by atoms with Crippen LogP contribution in [-0.4, -0.2) is 52.4 Å². The van der Waals surface area contributed by atoms with Crippen molar-refractivity contribution < 1.29 is 23.6 Å². The van der Waals surface area contributed by atoms with Crippen LogP contribution in [0.2, 0.25) is 0 Å². The molecule has 3 fully saturated rings. The van der Waals surface area contributed by atoms with E-state index in [1.807, 2.05) is 18.2 Å². The fraction of sp³-hybridized carbons (Fsp3) is 0.448. The first-order chi connectivity index (χ1) is 17.4. The van der Waals surface area contributed by atoms with Gasteiger partial charge in [-0.2, -0.15) is 0 Å². The van der Waals surface area contributed by atoms with Gasteiger partial charge in [-0.25, -0.2) is 4.39 Å². The Morgan fingerprint density at radius 2 is 1.69 bits per heavy atom. The summed E-state index contributed by atoms with van der Waals surface area (Å²) in [6.45, 7) is 0.769. The van der Waals surface area contributed by atoms with E-state index in [9.17, 15) is 23.6 Å². The molecule has 2 aliphatic heterocycles. The molecule has 3 amide bonds. The molecule has 0 N–H and O–H groups in total. The van der Waals surface area contributed by atoms with Crippen LogP contribution in [0.25, 0.3) is 0 Å². The van der Waals surface area contributed by atoms with Crippen molar-refractivity contribution in [2.75, 3.05) is 13.1 Å². The molecule has 2 atom stereocenters. The molecule has 2 saturated heterocycles. The predicted octanol–water partition coefficient (Wildman–Crippen LogP) is 4.28. The van der Waals surface area contributed by atoms with E-state index in [-0.39, 0.29) is 48.9 Å². The Bertz CT molecular complexity index is 1180. The lowest BCUT2D eigenvalue weighted by Crippen LogP contribution is -2.48. The van der Waals surface area contributed by atoms with Gasteiger partial charge in [-0.15, -0.1) is 0 Å². The molecular weight excluding hydrogens is 459 g/mol. The zero-order valence-corrected chi connectivity index (χ0v) is 20.3. The van der Waals surface area contributed by atoms with Crippen LogP contribution in [0.3, 0.4) is 0 Å². The monoisotopic (exact) mass is 490 g/mol. The lowest BCUT2D eigenvalue weighted by Gasteiger charge is -2.35. The number of ketones is 1. The molecule has 188 valence electrons. The van der Waals surface area contributed by atoms with Crippen LogP contribution in [0.1, 0.15) is 67.3 Å². The molecule has 1 saturated carbocycles. The molecule has 0 bridgehead atoms. The van der Waals surface area contributed by atoms with E-state index in [1.54, 1.807) is 23.1 Å². The quantitative estimate of drug-likeness (QED) is 0.448. The number of rotatable bonds is 6. The van der Waals surface area contributed by atoms with Crippen molar-refractivity contribution >= 4 is 23.5 Å². The van der Waals surface area contributed by atoms with Crippen molar-refractivity contribution in [2.24, 2.45) is 5.92 Å². The molecule has 2 heterocycles. The smallest absolute Gasteiger partial charge is 0.241 e. The second-order valence-electron chi connectivity index (χ2n) is 10.4. The van der Waals surface area contributed by atoms with Crippen LogP contribution in [0.15, 0.2) is 54.6 Å². The van der Waals surface area contributed by atoms with Gasteiger partial charge in [0.15, 0.2) is 5.78 Å². The van der Waals surface area contributed by atoms with Crippen LogP contribution in [-0.2, 0) is 19.8 Å². The van der Waals surface area contributed by atoms with Gasteiger partial charge in [0.1, 0.15) is 5.82 Å². The van der Waals surface area contributed by atoms with Crippen molar-refractivity contribution in [3.8, 4) is 0 Å². The maximum atomic E-state index is 14.3. The second-order valence-corrected chi connectivity index (χ2v) is 10.4. The molecule has 2 aromatic rings. The minimum Gasteiger partial charge on any atom is -0.342 e. The summed E-state index contributed by atoms with van der Waals surface area (Å²) in [7, 11) is 0.